The summed E-state index contributed by atoms with van der Waals surface area (Å²) in [4.78, 5) is 12.2. The van der Waals surface area contributed by atoms with Crippen LogP contribution in [0.2, 0.25) is 0 Å². The number of hydrogen-bond acceptors (Lipinski definition) is 5. The summed E-state index contributed by atoms with van der Waals surface area (Å²) in [5, 5.41) is 4.84. The third-order valence-electron chi connectivity index (χ3n) is 4.17. The molecule has 3 aromatic rings. The second kappa shape index (κ2) is 8.93. The van der Waals surface area contributed by atoms with Crippen LogP contribution < -0.4 is 14.9 Å². The molecule has 0 saturated heterocycles. The van der Waals surface area contributed by atoms with E-state index in [4.69, 9.17) is 13.9 Å². The number of rotatable bonds is 7. The van der Waals surface area contributed by atoms with Gasteiger partial charge in [0.2, 0.25) is 0 Å². The average Bonchev–Trinajstić information content (AvgIpc) is 3.12. The molecular weight excluding hydrogens is 424 g/mol. The Balaban J connectivity index is 1.68. The van der Waals surface area contributed by atoms with Crippen molar-refractivity contribution in [1.29, 1.82) is 0 Å². The maximum absolute atomic E-state index is 12.2. The highest BCUT2D eigenvalue weighted by atomic mass is 79.9. The number of nitrogens with one attached hydrogen (secondary N) is 1. The number of furan rings is 1. The lowest BCUT2D eigenvalue weighted by Gasteiger charge is -2.15. The maximum Gasteiger partial charge on any atom is 0.307 e. The Hall–Kier alpha value is -2.80. The van der Waals surface area contributed by atoms with Crippen LogP contribution in [-0.2, 0) is 0 Å². The van der Waals surface area contributed by atoms with Gasteiger partial charge >= 0.3 is 5.91 Å². The minimum absolute atomic E-state index is 0.0946. The van der Waals surface area contributed by atoms with Crippen molar-refractivity contribution in [2.24, 2.45) is 5.10 Å². The summed E-state index contributed by atoms with van der Waals surface area (Å²) in [6, 6.07) is 12.7. The van der Waals surface area contributed by atoms with Crippen molar-refractivity contribution in [2.75, 3.05) is 7.11 Å². The number of carbonyl (C=O) groups excluding carboxylic acids is 1. The van der Waals surface area contributed by atoms with E-state index in [0.29, 0.717) is 17.1 Å². The molecule has 0 aliphatic heterocycles. The number of ether oxygens (including phenoxy) is 2. The molecule has 0 aliphatic carbocycles. The summed E-state index contributed by atoms with van der Waals surface area (Å²) >= 11 is 3.40. The highest BCUT2D eigenvalue weighted by Gasteiger charge is 2.12. The van der Waals surface area contributed by atoms with Crippen molar-refractivity contribution in [2.45, 2.75) is 26.4 Å². The smallest absolute Gasteiger partial charge is 0.307 e. The summed E-state index contributed by atoms with van der Waals surface area (Å²) < 4.78 is 17.7. The molecule has 0 spiro atoms. The number of hydrogen-bond donors (Lipinski definition) is 1. The highest BCUT2D eigenvalue weighted by Crippen LogP contribution is 2.29. The fourth-order valence-corrected chi connectivity index (χ4v) is 2.89. The third-order valence-corrected chi connectivity index (χ3v) is 4.67. The van der Waals surface area contributed by atoms with E-state index >= 15 is 0 Å². The predicted octanol–water partition coefficient (Wildman–Crippen LogP) is 5.15. The van der Waals surface area contributed by atoms with E-state index in [1.807, 2.05) is 31.2 Å². The zero-order valence-corrected chi connectivity index (χ0v) is 17.4. The first-order valence-electron chi connectivity index (χ1n) is 8.87. The molecule has 3 rings (SSSR count). The molecule has 28 heavy (non-hydrogen) atoms. The van der Waals surface area contributed by atoms with Gasteiger partial charge in [-0.25, -0.2) is 5.43 Å². The van der Waals surface area contributed by atoms with Crippen molar-refractivity contribution < 1.29 is 18.7 Å². The van der Waals surface area contributed by atoms with E-state index in [1.165, 1.54) is 6.21 Å². The maximum atomic E-state index is 12.2. The number of benzene rings is 2. The first-order valence-corrected chi connectivity index (χ1v) is 9.66. The first-order chi connectivity index (χ1) is 13.5. The van der Waals surface area contributed by atoms with Gasteiger partial charge in [0.25, 0.3) is 0 Å². The van der Waals surface area contributed by atoms with E-state index in [2.05, 4.69) is 33.4 Å². The van der Waals surface area contributed by atoms with Crippen LogP contribution in [0.4, 0.5) is 0 Å². The van der Waals surface area contributed by atoms with Crippen LogP contribution in [0.5, 0.6) is 11.5 Å². The van der Waals surface area contributed by atoms with Gasteiger partial charge in [0, 0.05) is 9.86 Å². The van der Waals surface area contributed by atoms with Crippen molar-refractivity contribution in [3.8, 4) is 11.5 Å². The fraction of sp³-hybridized carbons (Fsp3) is 0.238. The number of carbonyl (C=O) groups is 1. The third kappa shape index (κ3) is 4.72. The molecule has 146 valence electrons. The molecule has 2 aromatic carbocycles. The minimum atomic E-state index is -0.424. The van der Waals surface area contributed by atoms with Gasteiger partial charge in [0.1, 0.15) is 5.58 Å². The van der Waals surface area contributed by atoms with Gasteiger partial charge in [-0.2, -0.15) is 5.10 Å². The minimum Gasteiger partial charge on any atom is -0.493 e. The van der Waals surface area contributed by atoms with Gasteiger partial charge in [-0.1, -0.05) is 22.9 Å². The molecule has 0 bridgehead atoms. The number of methoxy groups -OCH3 is 1. The number of halogens is 1. The van der Waals surface area contributed by atoms with Gasteiger partial charge in [-0.15, -0.1) is 0 Å². The van der Waals surface area contributed by atoms with Gasteiger partial charge in [-0.05, 0) is 61.4 Å². The van der Waals surface area contributed by atoms with E-state index in [9.17, 15) is 4.79 Å². The van der Waals surface area contributed by atoms with Gasteiger partial charge in [0.15, 0.2) is 17.3 Å². The van der Waals surface area contributed by atoms with E-state index in [1.54, 1.807) is 25.3 Å². The molecule has 6 nitrogen and oxygen atoms in total. The van der Waals surface area contributed by atoms with Crippen LogP contribution in [-0.4, -0.2) is 25.3 Å². The zero-order valence-electron chi connectivity index (χ0n) is 15.9. The van der Waals surface area contributed by atoms with Crippen LogP contribution in [0.1, 0.15) is 36.4 Å². The topological polar surface area (TPSA) is 73.1 Å². The number of hydrazone groups is 1. The number of nitrogens with zero attached hydrogens (tertiary/aromatic N) is 1. The Kier molecular flexibility index (Phi) is 6.36. The quantitative estimate of drug-likeness (QED) is 0.404. The van der Waals surface area contributed by atoms with Crippen LogP contribution >= 0.6 is 15.9 Å². The molecule has 1 atom stereocenters. The lowest BCUT2D eigenvalue weighted by molar-refractivity contribution is 0.0929. The van der Waals surface area contributed by atoms with Crippen molar-refractivity contribution in [3.05, 3.63) is 58.3 Å². The molecule has 0 saturated carbocycles. The lowest BCUT2D eigenvalue weighted by Crippen LogP contribution is -2.16. The fourth-order valence-electron chi connectivity index (χ4n) is 2.51. The summed E-state index contributed by atoms with van der Waals surface area (Å²) in [5.41, 5.74) is 3.87. The predicted molar refractivity (Wildman–Crippen MR) is 112 cm³/mol. The van der Waals surface area contributed by atoms with Crippen LogP contribution in [0.15, 0.2) is 56.5 Å². The molecule has 0 radical (unpaired) electrons. The normalized spacial score (nSPS) is 12.3. The average molecular weight is 445 g/mol. The number of fused-ring (bicyclic) bond motifs is 1. The summed E-state index contributed by atoms with van der Waals surface area (Å²) in [6.45, 7) is 4.06. The Labute approximate surface area is 171 Å². The van der Waals surface area contributed by atoms with Crippen LogP contribution in [0.3, 0.4) is 0 Å². The number of amides is 1. The van der Waals surface area contributed by atoms with Crippen molar-refractivity contribution in [3.63, 3.8) is 0 Å². The Morgan fingerprint density at radius 2 is 2.07 bits per heavy atom. The monoisotopic (exact) mass is 444 g/mol. The molecule has 0 fully saturated rings. The van der Waals surface area contributed by atoms with E-state index < -0.39 is 5.91 Å². The van der Waals surface area contributed by atoms with Crippen molar-refractivity contribution >= 4 is 39.0 Å². The molecule has 0 aliphatic rings. The Morgan fingerprint density at radius 3 is 2.82 bits per heavy atom. The van der Waals surface area contributed by atoms with Crippen LogP contribution in [0.25, 0.3) is 11.0 Å². The molecule has 1 amide bonds. The van der Waals surface area contributed by atoms with Crippen LogP contribution in [0, 0.1) is 0 Å². The van der Waals surface area contributed by atoms with Gasteiger partial charge in [0.05, 0.1) is 19.4 Å². The molecule has 7 heteroatoms. The second-order valence-electron chi connectivity index (χ2n) is 6.24. The Bertz CT molecular complexity index is 1010. The summed E-state index contributed by atoms with van der Waals surface area (Å²) in [5.74, 6) is 1.05. The first kappa shape index (κ1) is 19.9. The summed E-state index contributed by atoms with van der Waals surface area (Å²) in [7, 11) is 1.58. The SMILES string of the molecule is CC[C@H](C)Oc1ccc(/C=N/NC(=O)c2cc3cc(Br)ccc3o2)cc1OC. The molecule has 1 aromatic heterocycles. The summed E-state index contributed by atoms with van der Waals surface area (Å²) in [6.07, 6.45) is 2.53. The van der Waals surface area contributed by atoms with E-state index in [-0.39, 0.29) is 11.9 Å². The molecule has 1 heterocycles. The van der Waals surface area contributed by atoms with E-state index in [0.717, 1.165) is 21.8 Å². The van der Waals surface area contributed by atoms with Crippen molar-refractivity contribution in [1.82, 2.24) is 5.43 Å². The Morgan fingerprint density at radius 1 is 1.25 bits per heavy atom. The molecular formula is C21H21BrN2O4. The molecule has 0 unspecified atom stereocenters. The largest absolute Gasteiger partial charge is 0.493 e. The molecule has 1 N–H and O–H groups in total. The second-order valence-corrected chi connectivity index (χ2v) is 7.15. The van der Waals surface area contributed by atoms with Gasteiger partial charge < -0.3 is 13.9 Å². The lowest BCUT2D eigenvalue weighted by atomic mass is 10.2. The van der Waals surface area contributed by atoms with Gasteiger partial charge in [-0.3, -0.25) is 4.79 Å². The zero-order chi connectivity index (χ0) is 20.1. The highest BCUT2D eigenvalue weighted by molar-refractivity contribution is 9.10. The standard InChI is InChI=1S/C21H21BrN2O4/c1-4-13(2)27-18-7-5-14(9-19(18)26-3)12-23-24-21(25)20-11-15-10-16(22)6-8-17(15)28-20/h5-13H,4H2,1-3H3,(H,24,25)/b23-12+/t13-/m0/s1.